The smallest absolute Gasteiger partial charge is 0.191 e. The maximum absolute atomic E-state index is 5.79. The van der Waals surface area contributed by atoms with Crippen LogP contribution in [0.4, 0.5) is 0 Å². The highest BCUT2D eigenvalue weighted by Crippen LogP contribution is 2.20. The fourth-order valence-corrected chi connectivity index (χ4v) is 1.92. The van der Waals surface area contributed by atoms with E-state index in [1.54, 1.807) is 18.4 Å². The molecule has 0 unspecified atom stereocenters. The minimum atomic E-state index is 0.755. The Morgan fingerprint density at radius 3 is 2.85 bits per heavy atom. The van der Waals surface area contributed by atoms with Gasteiger partial charge in [-0.05, 0) is 12.1 Å². The molecule has 0 aliphatic rings. The Morgan fingerprint density at radius 2 is 2.38 bits per heavy atom. The van der Waals surface area contributed by atoms with E-state index in [1.807, 2.05) is 19.2 Å². The highest BCUT2D eigenvalue weighted by molar-refractivity contribution is 7.16. The van der Waals surface area contributed by atoms with Crippen LogP contribution in [0.5, 0.6) is 0 Å². The van der Waals surface area contributed by atoms with Gasteiger partial charge in [0.2, 0.25) is 0 Å². The lowest BCUT2D eigenvalue weighted by Gasteiger charge is -2.06. The van der Waals surface area contributed by atoms with Crippen molar-refractivity contribution >= 4 is 28.9 Å². The second-order valence-corrected chi connectivity index (χ2v) is 4.18. The number of nitrogens with zero attached hydrogens (tertiary/aromatic N) is 1. The van der Waals surface area contributed by atoms with E-state index in [4.69, 9.17) is 11.6 Å². The Bertz CT molecular complexity index is 295. The van der Waals surface area contributed by atoms with Gasteiger partial charge in [-0.25, -0.2) is 0 Å². The Morgan fingerprint density at radius 1 is 1.62 bits per heavy atom. The van der Waals surface area contributed by atoms with Gasteiger partial charge in [0.15, 0.2) is 5.96 Å². The summed E-state index contributed by atoms with van der Waals surface area (Å²) in [6, 6.07) is 3.90. The third-order valence-electron chi connectivity index (χ3n) is 1.52. The van der Waals surface area contributed by atoms with Crippen molar-refractivity contribution in [1.82, 2.24) is 10.6 Å². The fourth-order valence-electron chi connectivity index (χ4n) is 0.897. The van der Waals surface area contributed by atoms with E-state index in [-0.39, 0.29) is 0 Å². The second-order valence-electron chi connectivity index (χ2n) is 2.38. The van der Waals surface area contributed by atoms with Crippen molar-refractivity contribution < 1.29 is 0 Å². The molecule has 13 heavy (non-hydrogen) atoms. The molecule has 1 aromatic heterocycles. The van der Waals surface area contributed by atoms with Gasteiger partial charge in [-0.1, -0.05) is 11.6 Å². The van der Waals surface area contributed by atoms with E-state index < -0.39 is 0 Å². The lowest BCUT2D eigenvalue weighted by Crippen LogP contribution is -2.33. The molecule has 0 saturated carbocycles. The zero-order chi connectivity index (χ0) is 9.68. The number of guanidine groups is 1. The quantitative estimate of drug-likeness (QED) is 0.585. The van der Waals surface area contributed by atoms with Crippen LogP contribution in [0.3, 0.4) is 0 Å². The first kappa shape index (κ1) is 10.3. The van der Waals surface area contributed by atoms with Gasteiger partial charge < -0.3 is 10.6 Å². The normalized spacial score (nSPS) is 11.5. The first-order valence-corrected chi connectivity index (χ1v) is 5.08. The molecule has 0 amide bonds. The summed E-state index contributed by atoms with van der Waals surface area (Å²) in [5, 5.41) is 6.08. The fraction of sp³-hybridized carbons (Fsp3) is 0.375. The van der Waals surface area contributed by atoms with E-state index in [2.05, 4.69) is 15.6 Å². The van der Waals surface area contributed by atoms with E-state index in [0.29, 0.717) is 0 Å². The molecule has 3 nitrogen and oxygen atoms in total. The molecule has 1 rings (SSSR count). The molecule has 0 aromatic carbocycles. The number of halogens is 1. The molecule has 0 aliphatic carbocycles. The van der Waals surface area contributed by atoms with E-state index in [1.165, 1.54) is 4.88 Å². The van der Waals surface area contributed by atoms with Gasteiger partial charge in [0, 0.05) is 19.0 Å². The number of thiophene rings is 1. The summed E-state index contributed by atoms with van der Waals surface area (Å²) in [7, 11) is 3.57. The third kappa shape index (κ3) is 3.24. The first-order chi connectivity index (χ1) is 6.26. The standard InChI is InChI=1S/C8H12ClN3S/c1-10-8(11-2)12-5-6-3-4-7(9)13-6/h3-4H,5H2,1-2H3,(H2,10,11,12). The van der Waals surface area contributed by atoms with Crippen LogP contribution in [0, 0.1) is 0 Å². The summed E-state index contributed by atoms with van der Waals surface area (Å²) in [6.45, 7) is 0.755. The lowest BCUT2D eigenvalue weighted by molar-refractivity contribution is 0.879. The summed E-state index contributed by atoms with van der Waals surface area (Å²) in [6.07, 6.45) is 0. The van der Waals surface area contributed by atoms with Gasteiger partial charge in [0.25, 0.3) is 0 Å². The SMILES string of the molecule is CN=C(NC)NCc1ccc(Cl)s1. The molecule has 0 saturated heterocycles. The molecule has 72 valence electrons. The number of aliphatic imine (C=N–C) groups is 1. The van der Waals surface area contributed by atoms with E-state index in [0.717, 1.165) is 16.8 Å². The van der Waals surface area contributed by atoms with Gasteiger partial charge in [-0.3, -0.25) is 4.99 Å². The third-order valence-corrected chi connectivity index (χ3v) is 2.75. The van der Waals surface area contributed by atoms with Crippen LogP contribution in [-0.4, -0.2) is 20.1 Å². The Labute approximate surface area is 86.8 Å². The molecular weight excluding hydrogens is 206 g/mol. The van der Waals surface area contributed by atoms with Crippen molar-refractivity contribution in [3.63, 3.8) is 0 Å². The number of hydrogen-bond acceptors (Lipinski definition) is 2. The van der Waals surface area contributed by atoms with Crippen molar-refractivity contribution in [3.8, 4) is 0 Å². The minimum Gasteiger partial charge on any atom is -0.359 e. The van der Waals surface area contributed by atoms with Crippen LogP contribution >= 0.6 is 22.9 Å². The molecule has 2 N–H and O–H groups in total. The zero-order valence-electron chi connectivity index (χ0n) is 7.60. The topological polar surface area (TPSA) is 36.4 Å². The monoisotopic (exact) mass is 217 g/mol. The van der Waals surface area contributed by atoms with E-state index >= 15 is 0 Å². The Balaban J connectivity index is 2.43. The largest absolute Gasteiger partial charge is 0.359 e. The van der Waals surface area contributed by atoms with Crippen molar-refractivity contribution in [2.75, 3.05) is 14.1 Å². The van der Waals surface area contributed by atoms with Crippen molar-refractivity contribution in [2.45, 2.75) is 6.54 Å². The number of rotatable bonds is 2. The van der Waals surface area contributed by atoms with Crippen LogP contribution in [0.15, 0.2) is 17.1 Å². The highest BCUT2D eigenvalue weighted by Gasteiger charge is 1.98. The molecule has 0 radical (unpaired) electrons. The molecule has 0 bridgehead atoms. The number of nitrogens with one attached hydrogen (secondary N) is 2. The van der Waals surface area contributed by atoms with Gasteiger partial charge in [0.1, 0.15) is 0 Å². The molecule has 0 fully saturated rings. The molecule has 5 heteroatoms. The molecule has 1 heterocycles. The molecule has 0 aliphatic heterocycles. The predicted molar refractivity (Wildman–Crippen MR) is 58.6 cm³/mol. The zero-order valence-corrected chi connectivity index (χ0v) is 9.17. The van der Waals surface area contributed by atoms with Gasteiger partial charge in [-0.2, -0.15) is 0 Å². The summed E-state index contributed by atoms with van der Waals surface area (Å²) in [5.41, 5.74) is 0. The van der Waals surface area contributed by atoms with Gasteiger partial charge in [-0.15, -0.1) is 11.3 Å². The number of hydrogen-bond donors (Lipinski definition) is 2. The average molecular weight is 218 g/mol. The van der Waals surface area contributed by atoms with Crippen LogP contribution < -0.4 is 10.6 Å². The van der Waals surface area contributed by atoms with Crippen LogP contribution in [-0.2, 0) is 6.54 Å². The van der Waals surface area contributed by atoms with Crippen molar-refractivity contribution in [1.29, 1.82) is 0 Å². The molecule has 1 aromatic rings. The molecule has 0 atom stereocenters. The maximum atomic E-state index is 5.79. The lowest BCUT2D eigenvalue weighted by atomic mass is 10.5. The van der Waals surface area contributed by atoms with Gasteiger partial charge >= 0.3 is 0 Å². The van der Waals surface area contributed by atoms with Crippen LogP contribution in [0.1, 0.15) is 4.88 Å². The first-order valence-electron chi connectivity index (χ1n) is 3.89. The van der Waals surface area contributed by atoms with E-state index in [9.17, 15) is 0 Å². The summed E-state index contributed by atoms with van der Waals surface area (Å²) < 4.78 is 0.816. The Kier molecular flexibility index (Phi) is 4.05. The predicted octanol–water partition coefficient (Wildman–Crippen LogP) is 1.70. The summed E-state index contributed by atoms with van der Waals surface area (Å²) in [4.78, 5) is 5.19. The summed E-state index contributed by atoms with van der Waals surface area (Å²) in [5.74, 6) is 0.782. The summed E-state index contributed by atoms with van der Waals surface area (Å²) >= 11 is 7.36. The second kappa shape index (κ2) is 5.09. The van der Waals surface area contributed by atoms with Crippen molar-refractivity contribution in [3.05, 3.63) is 21.3 Å². The minimum absolute atomic E-state index is 0.755. The maximum Gasteiger partial charge on any atom is 0.191 e. The van der Waals surface area contributed by atoms with Crippen molar-refractivity contribution in [2.24, 2.45) is 4.99 Å². The highest BCUT2D eigenvalue weighted by atomic mass is 35.5. The van der Waals surface area contributed by atoms with Gasteiger partial charge in [0.05, 0.1) is 10.9 Å². The Hall–Kier alpha value is -0.740. The molecular formula is C8H12ClN3S. The van der Waals surface area contributed by atoms with Crippen LogP contribution in [0.2, 0.25) is 4.34 Å². The molecule has 0 spiro atoms. The average Bonchev–Trinajstić information content (AvgIpc) is 2.53. The van der Waals surface area contributed by atoms with Crippen LogP contribution in [0.25, 0.3) is 0 Å².